The molecule has 2 aromatic rings. The minimum Gasteiger partial charge on any atom is -0.497 e. The van der Waals surface area contributed by atoms with E-state index >= 15 is 0 Å². The van der Waals surface area contributed by atoms with E-state index in [4.69, 9.17) is 4.74 Å². The van der Waals surface area contributed by atoms with Crippen LogP contribution in [0.3, 0.4) is 0 Å². The van der Waals surface area contributed by atoms with E-state index < -0.39 is 5.54 Å². The molecule has 2 aliphatic heterocycles. The summed E-state index contributed by atoms with van der Waals surface area (Å²) < 4.78 is 7.47. The third kappa shape index (κ3) is 4.30. The van der Waals surface area contributed by atoms with Crippen LogP contribution in [-0.2, 0) is 11.3 Å². The van der Waals surface area contributed by atoms with Crippen molar-refractivity contribution >= 4 is 22.7 Å². The van der Waals surface area contributed by atoms with Gasteiger partial charge in [-0.25, -0.2) is 0 Å². The van der Waals surface area contributed by atoms with Crippen molar-refractivity contribution in [1.29, 1.82) is 0 Å². The molecule has 1 unspecified atom stereocenters. The summed E-state index contributed by atoms with van der Waals surface area (Å²) in [4.78, 5) is 32.0. The predicted octanol–water partition coefficient (Wildman–Crippen LogP) is 3.80. The number of likely N-dealkylation sites (tertiary alicyclic amines) is 1. The van der Waals surface area contributed by atoms with Crippen molar-refractivity contribution in [1.82, 2.24) is 19.7 Å². The molecule has 3 aliphatic rings. The van der Waals surface area contributed by atoms with Gasteiger partial charge in [-0.3, -0.25) is 9.59 Å². The minimum absolute atomic E-state index is 0.0235. The highest BCUT2D eigenvalue weighted by atomic mass is 16.5. The number of fused-ring (bicyclic) bond motifs is 3. The SMILES string of the molecule is COc1ccc2cc3n(c2c1)CC(C)(C(=O)NC1CCCCCC1)N(CCN1CCCC1)C3=O. The van der Waals surface area contributed by atoms with E-state index in [1.54, 1.807) is 7.11 Å². The Morgan fingerprint density at radius 1 is 1.06 bits per heavy atom. The summed E-state index contributed by atoms with van der Waals surface area (Å²) in [6, 6.07) is 8.04. The molecule has 0 spiro atoms. The molecule has 184 valence electrons. The van der Waals surface area contributed by atoms with E-state index in [0.29, 0.717) is 18.8 Å². The number of methoxy groups -OCH3 is 1. The molecule has 2 amide bonds. The largest absolute Gasteiger partial charge is 0.497 e. The van der Waals surface area contributed by atoms with Gasteiger partial charge >= 0.3 is 0 Å². The Balaban J connectivity index is 1.48. The first-order valence-electron chi connectivity index (χ1n) is 13.0. The number of hydrogen-bond acceptors (Lipinski definition) is 4. The molecule has 1 saturated carbocycles. The summed E-state index contributed by atoms with van der Waals surface area (Å²) in [5.74, 6) is 0.672. The number of hydrogen-bond donors (Lipinski definition) is 1. The zero-order valence-electron chi connectivity index (χ0n) is 20.6. The van der Waals surface area contributed by atoms with E-state index in [2.05, 4.69) is 10.2 Å². The van der Waals surface area contributed by atoms with Crippen molar-refractivity contribution in [3.8, 4) is 5.75 Å². The molecule has 7 nitrogen and oxygen atoms in total. The second-order valence-electron chi connectivity index (χ2n) is 10.5. The first kappa shape index (κ1) is 23.2. The summed E-state index contributed by atoms with van der Waals surface area (Å²) in [6.07, 6.45) is 9.27. The molecule has 0 radical (unpaired) electrons. The predicted molar refractivity (Wildman–Crippen MR) is 133 cm³/mol. The van der Waals surface area contributed by atoms with Gasteiger partial charge in [0.15, 0.2) is 0 Å². The third-order valence-corrected chi connectivity index (χ3v) is 8.16. The second-order valence-corrected chi connectivity index (χ2v) is 10.5. The smallest absolute Gasteiger partial charge is 0.271 e. The lowest BCUT2D eigenvalue weighted by Crippen LogP contribution is -2.65. The van der Waals surface area contributed by atoms with Gasteiger partial charge in [-0.05, 0) is 63.9 Å². The molecule has 2 fully saturated rings. The van der Waals surface area contributed by atoms with Crippen LogP contribution in [0.2, 0.25) is 0 Å². The number of carbonyl (C=O) groups is 2. The van der Waals surface area contributed by atoms with Crippen LogP contribution in [0.15, 0.2) is 24.3 Å². The van der Waals surface area contributed by atoms with Crippen LogP contribution in [0.25, 0.3) is 10.9 Å². The number of aromatic nitrogens is 1. The molecule has 5 rings (SSSR count). The van der Waals surface area contributed by atoms with Crippen molar-refractivity contribution < 1.29 is 14.3 Å². The monoisotopic (exact) mass is 466 g/mol. The normalized spacial score (nSPS) is 24.3. The van der Waals surface area contributed by atoms with Crippen LogP contribution < -0.4 is 10.1 Å². The average molecular weight is 467 g/mol. The fourth-order valence-corrected chi connectivity index (χ4v) is 6.02. The molecule has 1 saturated heterocycles. The Hall–Kier alpha value is -2.54. The standard InChI is InChI=1S/C27H38N4O3/c1-27(26(33)28-21-9-5-3-4-6-10-21)19-30-23-18-22(34-2)12-11-20(23)17-24(30)25(32)31(27)16-15-29-13-7-8-14-29/h11-12,17-18,21H,3-10,13-16,19H2,1-2H3,(H,28,33). The van der Waals surface area contributed by atoms with Gasteiger partial charge in [0.1, 0.15) is 17.0 Å². The van der Waals surface area contributed by atoms with E-state index in [1.165, 1.54) is 25.7 Å². The topological polar surface area (TPSA) is 66.8 Å². The van der Waals surface area contributed by atoms with Crippen molar-refractivity contribution in [3.63, 3.8) is 0 Å². The highest BCUT2D eigenvalue weighted by Gasteiger charge is 2.48. The Bertz CT molecular complexity index is 1050. The molecule has 1 aliphatic carbocycles. The maximum absolute atomic E-state index is 13.9. The van der Waals surface area contributed by atoms with Crippen molar-refractivity contribution in [2.24, 2.45) is 0 Å². The van der Waals surface area contributed by atoms with Crippen molar-refractivity contribution in [2.45, 2.75) is 76.4 Å². The molecule has 1 N–H and O–H groups in total. The Kier molecular flexibility index (Phi) is 6.56. The first-order chi connectivity index (χ1) is 16.5. The van der Waals surface area contributed by atoms with Crippen LogP contribution in [0.1, 0.15) is 68.8 Å². The number of ether oxygens (including phenoxy) is 1. The van der Waals surface area contributed by atoms with Crippen LogP contribution in [-0.4, -0.2) is 71.1 Å². The Morgan fingerprint density at radius 2 is 1.79 bits per heavy atom. The van der Waals surface area contributed by atoms with E-state index in [0.717, 1.165) is 62.0 Å². The Labute approximate surface area is 202 Å². The zero-order valence-corrected chi connectivity index (χ0v) is 20.6. The van der Waals surface area contributed by atoms with Gasteiger partial charge < -0.3 is 24.4 Å². The fraction of sp³-hybridized carbons (Fsp3) is 0.630. The molecule has 7 heteroatoms. The van der Waals surface area contributed by atoms with Gasteiger partial charge in [-0.2, -0.15) is 0 Å². The maximum Gasteiger partial charge on any atom is 0.271 e. The summed E-state index contributed by atoms with van der Waals surface area (Å²) in [6.45, 7) is 5.93. The van der Waals surface area contributed by atoms with E-state index in [1.807, 2.05) is 40.7 Å². The molecule has 1 atom stereocenters. The lowest BCUT2D eigenvalue weighted by molar-refractivity contribution is -0.133. The third-order valence-electron chi connectivity index (χ3n) is 8.16. The molecular weight excluding hydrogens is 428 g/mol. The number of amides is 2. The zero-order chi connectivity index (χ0) is 23.7. The van der Waals surface area contributed by atoms with Crippen LogP contribution in [0.4, 0.5) is 0 Å². The highest BCUT2D eigenvalue weighted by Crippen LogP contribution is 2.34. The quantitative estimate of drug-likeness (QED) is 0.658. The molecular formula is C27H38N4O3. The fourth-order valence-electron chi connectivity index (χ4n) is 6.02. The molecule has 1 aromatic heterocycles. The minimum atomic E-state index is -0.939. The molecule has 0 bridgehead atoms. The molecule has 1 aromatic carbocycles. The second kappa shape index (κ2) is 9.61. The number of nitrogens with zero attached hydrogens (tertiary/aromatic N) is 3. The average Bonchev–Trinajstić information content (AvgIpc) is 3.40. The molecule has 3 heterocycles. The Morgan fingerprint density at radius 3 is 2.50 bits per heavy atom. The van der Waals surface area contributed by atoms with Crippen molar-refractivity contribution in [3.05, 3.63) is 30.0 Å². The van der Waals surface area contributed by atoms with Gasteiger partial charge in [0, 0.05) is 30.6 Å². The lowest BCUT2D eigenvalue weighted by Gasteiger charge is -2.45. The number of nitrogens with one attached hydrogen (secondary N) is 1. The van der Waals surface area contributed by atoms with Gasteiger partial charge in [-0.1, -0.05) is 25.7 Å². The van der Waals surface area contributed by atoms with Crippen LogP contribution >= 0.6 is 0 Å². The summed E-state index contributed by atoms with van der Waals surface area (Å²) in [5.41, 5.74) is 0.658. The van der Waals surface area contributed by atoms with Crippen molar-refractivity contribution in [2.75, 3.05) is 33.3 Å². The first-order valence-corrected chi connectivity index (χ1v) is 13.0. The van der Waals surface area contributed by atoms with Gasteiger partial charge in [0.25, 0.3) is 5.91 Å². The van der Waals surface area contributed by atoms with Gasteiger partial charge in [0.05, 0.1) is 19.2 Å². The summed E-state index contributed by atoms with van der Waals surface area (Å²) >= 11 is 0. The summed E-state index contributed by atoms with van der Waals surface area (Å²) in [5, 5.41) is 4.35. The number of rotatable bonds is 6. The number of benzene rings is 1. The maximum atomic E-state index is 13.9. The summed E-state index contributed by atoms with van der Waals surface area (Å²) in [7, 11) is 1.65. The molecule has 34 heavy (non-hydrogen) atoms. The van der Waals surface area contributed by atoms with Gasteiger partial charge in [-0.15, -0.1) is 0 Å². The van der Waals surface area contributed by atoms with Crippen LogP contribution in [0.5, 0.6) is 5.75 Å². The number of carbonyl (C=O) groups excluding carboxylic acids is 2. The lowest BCUT2D eigenvalue weighted by atomic mass is 9.93. The highest BCUT2D eigenvalue weighted by molar-refractivity contribution is 6.03. The van der Waals surface area contributed by atoms with Crippen LogP contribution in [0, 0.1) is 0 Å². The van der Waals surface area contributed by atoms with E-state index in [9.17, 15) is 9.59 Å². The van der Waals surface area contributed by atoms with Gasteiger partial charge in [0.2, 0.25) is 5.91 Å². The van der Waals surface area contributed by atoms with E-state index in [-0.39, 0.29) is 17.9 Å².